The highest BCUT2D eigenvalue weighted by atomic mass is 79.9. The van der Waals surface area contributed by atoms with E-state index in [0.717, 1.165) is 6.07 Å². The van der Waals surface area contributed by atoms with Gasteiger partial charge in [0.15, 0.2) is 5.75 Å². The summed E-state index contributed by atoms with van der Waals surface area (Å²) in [4.78, 5) is 23.4. The highest BCUT2D eigenvalue weighted by molar-refractivity contribution is 9.11. The standard InChI is InChI=1S/C22H15Br2F2NO5/c23-16-5-11(7-20(29)30)6-17(24)21(16)32-14-3-4-19(28)15(9-14)22(31)27-10-12-1-2-13(25)8-18(12)26/h1-6,8-9,28H,7,10H2,(H,27,31)(H,29,30). The molecule has 0 aliphatic heterocycles. The number of aliphatic carboxylic acids is 1. The fraction of sp³-hybridized carbons (Fsp3) is 0.0909. The lowest BCUT2D eigenvalue weighted by Crippen LogP contribution is -2.23. The van der Waals surface area contributed by atoms with E-state index in [1.165, 1.54) is 24.3 Å². The largest absolute Gasteiger partial charge is 0.507 e. The van der Waals surface area contributed by atoms with Gasteiger partial charge in [-0.05, 0) is 73.8 Å². The summed E-state index contributed by atoms with van der Waals surface area (Å²) in [6, 6.07) is 10.2. The van der Waals surface area contributed by atoms with E-state index < -0.39 is 23.5 Å². The summed E-state index contributed by atoms with van der Waals surface area (Å²) in [5.74, 6) is -2.96. The van der Waals surface area contributed by atoms with Crippen molar-refractivity contribution >= 4 is 43.7 Å². The number of carboxylic acids is 1. The number of phenolic OH excluding ortho intramolecular Hbond substituents is 1. The lowest BCUT2D eigenvalue weighted by atomic mass is 10.1. The number of nitrogens with one attached hydrogen (secondary N) is 1. The predicted octanol–water partition coefficient (Wildman–Crippen LogP) is 5.54. The second-order valence-corrected chi connectivity index (χ2v) is 8.37. The number of carbonyl (C=O) groups excluding carboxylic acids is 1. The van der Waals surface area contributed by atoms with Crippen molar-refractivity contribution in [2.24, 2.45) is 0 Å². The van der Waals surface area contributed by atoms with Gasteiger partial charge in [0.25, 0.3) is 5.91 Å². The van der Waals surface area contributed by atoms with Crippen LogP contribution in [0.25, 0.3) is 0 Å². The quantitative estimate of drug-likeness (QED) is 0.346. The summed E-state index contributed by atoms with van der Waals surface area (Å²) < 4.78 is 33.5. The van der Waals surface area contributed by atoms with E-state index in [9.17, 15) is 23.5 Å². The molecule has 10 heteroatoms. The van der Waals surface area contributed by atoms with Crippen molar-refractivity contribution in [1.82, 2.24) is 5.32 Å². The minimum atomic E-state index is -0.979. The first-order valence-corrected chi connectivity index (χ1v) is 10.7. The molecular weight excluding hydrogens is 556 g/mol. The first kappa shape index (κ1) is 23.7. The van der Waals surface area contributed by atoms with Gasteiger partial charge in [-0.1, -0.05) is 6.07 Å². The van der Waals surface area contributed by atoms with Crippen molar-refractivity contribution in [3.63, 3.8) is 0 Å². The smallest absolute Gasteiger partial charge is 0.307 e. The SMILES string of the molecule is O=C(O)Cc1cc(Br)c(Oc2ccc(O)c(C(=O)NCc3ccc(F)cc3F)c2)c(Br)c1. The normalized spacial score (nSPS) is 10.6. The van der Waals surface area contributed by atoms with E-state index in [1.54, 1.807) is 12.1 Å². The Balaban J connectivity index is 1.78. The Morgan fingerprint density at radius 3 is 2.31 bits per heavy atom. The molecule has 0 bridgehead atoms. The Morgan fingerprint density at radius 1 is 1.00 bits per heavy atom. The van der Waals surface area contributed by atoms with E-state index in [2.05, 4.69) is 37.2 Å². The molecular formula is C22H15Br2F2NO5. The molecule has 3 N–H and O–H groups in total. The van der Waals surface area contributed by atoms with Crippen LogP contribution >= 0.6 is 31.9 Å². The molecule has 0 saturated heterocycles. The van der Waals surface area contributed by atoms with Crippen LogP contribution in [0.2, 0.25) is 0 Å². The number of halogens is 4. The Morgan fingerprint density at radius 2 is 1.69 bits per heavy atom. The van der Waals surface area contributed by atoms with Gasteiger partial charge >= 0.3 is 5.97 Å². The molecule has 3 aromatic carbocycles. The average molecular weight is 571 g/mol. The Hall–Kier alpha value is -2.98. The predicted molar refractivity (Wildman–Crippen MR) is 119 cm³/mol. The van der Waals surface area contributed by atoms with Crippen molar-refractivity contribution < 1.29 is 33.3 Å². The number of phenols is 1. The lowest BCUT2D eigenvalue weighted by Gasteiger charge is -2.13. The van der Waals surface area contributed by atoms with Gasteiger partial charge in [0.1, 0.15) is 23.1 Å². The van der Waals surface area contributed by atoms with Crippen LogP contribution in [0.4, 0.5) is 8.78 Å². The van der Waals surface area contributed by atoms with Gasteiger partial charge in [-0.3, -0.25) is 9.59 Å². The van der Waals surface area contributed by atoms with Crippen LogP contribution in [0.1, 0.15) is 21.5 Å². The van der Waals surface area contributed by atoms with Crippen molar-refractivity contribution in [1.29, 1.82) is 0 Å². The topological polar surface area (TPSA) is 95.9 Å². The third-order valence-corrected chi connectivity index (χ3v) is 5.48. The van der Waals surface area contributed by atoms with Crippen molar-refractivity contribution in [3.05, 3.63) is 85.8 Å². The molecule has 0 atom stereocenters. The van der Waals surface area contributed by atoms with E-state index in [0.29, 0.717) is 26.3 Å². The fourth-order valence-electron chi connectivity index (χ4n) is 2.80. The van der Waals surface area contributed by atoms with Crippen LogP contribution < -0.4 is 10.1 Å². The Labute approximate surface area is 198 Å². The first-order chi connectivity index (χ1) is 15.1. The molecule has 0 spiro atoms. The molecule has 166 valence electrons. The van der Waals surface area contributed by atoms with E-state index in [4.69, 9.17) is 9.84 Å². The minimum absolute atomic E-state index is 0.0842. The van der Waals surface area contributed by atoms with Crippen LogP contribution in [0.5, 0.6) is 17.2 Å². The van der Waals surface area contributed by atoms with Crippen molar-refractivity contribution in [2.75, 3.05) is 0 Å². The van der Waals surface area contributed by atoms with Crippen LogP contribution in [-0.2, 0) is 17.8 Å². The van der Waals surface area contributed by atoms with E-state index >= 15 is 0 Å². The maximum atomic E-state index is 13.8. The Bertz CT molecular complexity index is 1180. The molecule has 6 nitrogen and oxygen atoms in total. The number of carboxylic acid groups (broad SMARTS) is 1. The molecule has 0 aromatic heterocycles. The fourth-order valence-corrected chi connectivity index (χ4v) is 4.24. The summed E-state index contributed by atoms with van der Waals surface area (Å²) in [6.45, 7) is -0.211. The number of rotatable bonds is 7. The summed E-state index contributed by atoms with van der Waals surface area (Å²) >= 11 is 6.66. The number of amides is 1. The zero-order valence-electron chi connectivity index (χ0n) is 16.2. The molecule has 3 aromatic rings. The Kier molecular flexibility index (Phi) is 7.47. The molecule has 0 aliphatic rings. The summed E-state index contributed by atoms with van der Waals surface area (Å²) in [5, 5.41) is 21.5. The van der Waals surface area contributed by atoms with Gasteiger partial charge in [-0.2, -0.15) is 0 Å². The second-order valence-electron chi connectivity index (χ2n) is 6.66. The molecule has 0 aliphatic carbocycles. The number of hydrogen-bond acceptors (Lipinski definition) is 4. The zero-order chi connectivity index (χ0) is 23.4. The first-order valence-electron chi connectivity index (χ1n) is 9.06. The van der Waals surface area contributed by atoms with Gasteiger partial charge in [-0.15, -0.1) is 0 Å². The monoisotopic (exact) mass is 569 g/mol. The molecule has 1 amide bonds. The number of ether oxygens (including phenoxy) is 1. The average Bonchev–Trinajstić information content (AvgIpc) is 2.70. The molecule has 0 radical (unpaired) electrons. The molecule has 3 rings (SSSR count). The van der Waals surface area contributed by atoms with Crippen LogP contribution in [0.15, 0.2) is 57.5 Å². The van der Waals surface area contributed by atoms with E-state index in [1.807, 2.05) is 0 Å². The van der Waals surface area contributed by atoms with Crippen LogP contribution in [-0.4, -0.2) is 22.1 Å². The second kappa shape index (κ2) is 10.1. The van der Waals surface area contributed by atoms with Gasteiger partial charge in [-0.25, -0.2) is 8.78 Å². The lowest BCUT2D eigenvalue weighted by molar-refractivity contribution is -0.136. The van der Waals surface area contributed by atoms with Crippen molar-refractivity contribution in [3.8, 4) is 17.2 Å². The maximum Gasteiger partial charge on any atom is 0.307 e. The molecule has 0 saturated carbocycles. The summed E-state index contributed by atoms with van der Waals surface area (Å²) in [6.07, 6.45) is -0.171. The molecule has 0 fully saturated rings. The van der Waals surface area contributed by atoms with Crippen molar-refractivity contribution in [2.45, 2.75) is 13.0 Å². The maximum absolute atomic E-state index is 13.8. The molecule has 0 heterocycles. The van der Waals surface area contributed by atoms with Crippen LogP contribution in [0, 0.1) is 11.6 Å². The molecule has 0 unspecified atom stereocenters. The highest BCUT2D eigenvalue weighted by Gasteiger charge is 2.16. The van der Waals surface area contributed by atoms with Gasteiger partial charge < -0.3 is 20.3 Å². The third kappa shape index (κ3) is 5.83. The summed E-state index contributed by atoms with van der Waals surface area (Å²) in [7, 11) is 0. The van der Waals surface area contributed by atoms with Gasteiger partial charge in [0.2, 0.25) is 0 Å². The summed E-state index contributed by atoms with van der Waals surface area (Å²) in [5.41, 5.74) is 0.517. The van der Waals surface area contributed by atoms with Crippen LogP contribution in [0.3, 0.4) is 0 Å². The van der Waals surface area contributed by atoms with E-state index in [-0.39, 0.29) is 35.6 Å². The van der Waals surface area contributed by atoms with Gasteiger partial charge in [0, 0.05) is 18.2 Å². The minimum Gasteiger partial charge on any atom is -0.507 e. The molecule has 32 heavy (non-hydrogen) atoms. The number of benzene rings is 3. The number of aromatic hydroxyl groups is 1. The number of hydrogen-bond donors (Lipinski definition) is 3. The highest BCUT2D eigenvalue weighted by Crippen LogP contribution is 2.38. The zero-order valence-corrected chi connectivity index (χ0v) is 19.3. The van der Waals surface area contributed by atoms with Gasteiger partial charge in [0.05, 0.1) is 20.9 Å². The third-order valence-electron chi connectivity index (χ3n) is 4.30. The number of carbonyl (C=O) groups is 2.